The molecule has 3 aliphatic heterocycles. The Bertz CT molecular complexity index is 1720. The Morgan fingerprint density at radius 3 is 2.09 bits per heavy atom. The molecule has 0 bridgehead atoms. The number of ether oxygens (including phenoxy) is 8. The van der Waals surface area contributed by atoms with Gasteiger partial charge < -0.3 is 43.0 Å². The molecule has 0 amide bonds. The second-order valence-electron chi connectivity index (χ2n) is 11.2. The molecule has 3 aromatic carbocycles. The molecule has 1 N–H and O–H groups in total. The summed E-state index contributed by atoms with van der Waals surface area (Å²) in [7, 11) is 7.27. The minimum absolute atomic E-state index is 0.00705. The molecule has 45 heavy (non-hydrogen) atoms. The molecule has 0 saturated carbocycles. The summed E-state index contributed by atoms with van der Waals surface area (Å²) in [5.41, 5.74) is 0.851. The van der Waals surface area contributed by atoms with Crippen molar-refractivity contribution in [1.82, 2.24) is 0 Å². The van der Waals surface area contributed by atoms with Crippen molar-refractivity contribution < 1.29 is 47.8 Å². The summed E-state index contributed by atoms with van der Waals surface area (Å²) in [5, 5.41) is 11.9. The van der Waals surface area contributed by atoms with Gasteiger partial charge >= 0.3 is 0 Å². The van der Waals surface area contributed by atoms with Gasteiger partial charge in [0.1, 0.15) is 11.9 Å². The zero-order chi connectivity index (χ0) is 31.5. The molecule has 10 heteroatoms. The van der Waals surface area contributed by atoms with E-state index in [0.29, 0.717) is 18.4 Å². The molecule has 0 fully saturated rings. The second kappa shape index (κ2) is 10.8. The standard InChI is InChI=1S/C35H34O10/c1-38-24-18-23(20-14-10-7-11-15-20)43-30-25(24)29-26(31(39-2)28(30)37)34(42-5)33(41-4)32(40-3)27(36)21-16-17-22(44-35(21,34)45-29)19-12-8-6-9-13-19/h6-16,22-24,37H,17-18H2,1-5H3. The highest BCUT2D eigenvalue weighted by atomic mass is 16.7. The van der Waals surface area contributed by atoms with Crippen molar-refractivity contribution >= 4 is 5.78 Å². The number of rotatable bonds is 7. The number of Topliss-reactive ketones (excluding diaryl/α,β-unsaturated/α-hetero) is 1. The third-order valence-electron chi connectivity index (χ3n) is 9.17. The number of methoxy groups -OCH3 is 5. The monoisotopic (exact) mass is 614 g/mol. The lowest BCUT2D eigenvalue weighted by atomic mass is 9.72. The average molecular weight is 615 g/mol. The van der Waals surface area contributed by atoms with E-state index >= 15 is 0 Å². The first-order chi connectivity index (χ1) is 21.9. The van der Waals surface area contributed by atoms with Gasteiger partial charge in [0.15, 0.2) is 17.3 Å². The topological polar surface area (TPSA) is 111 Å². The van der Waals surface area contributed by atoms with E-state index in [4.69, 9.17) is 37.9 Å². The molecule has 1 aliphatic carbocycles. The van der Waals surface area contributed by atoms with Gasteiger partial charge in [-0.1, -0.05) is 66.7 Å². The third kappa shape index (κ3) is 3.82. The zero-order valence-corrected chi connectivity index (χ0v) is 25.6. The first-order valence-electron chi connectivity index (χ1n) is 14.7. The van der Waals surface area contributed by atoms with E-state index in [1.54, 1.807) is 13.2 Å². The Kier molecular flexibility index (Phi) is 7.03. The van der Waals surface area contributed by atoms with Crippen LogP contribution in [-0.4, -0.2) is 52.2 Å². The van der Waals surface area contributed by atoms with Crippen molar-refractivity contribution in [2.24, 2.45) is 0 Å². The van der Waals surface area contributed by atoms with Crippen LogP contribution in [0.1, 0.15) is 53.4 Å². The Hall–Kier alpha value is -4.51. The van der Waals surface area contributed by atoms with Gasteiger partial charge in [0, 0.05) is 20.6 Å². The molecule has 0 saturated heterocycles. The first kappa shape index (κ1) is 29.2. The van der Waals surface area contributed by atoms with Gasteiger partial charge in [-0.25, -0.2) is 0 Å². The van der Waals surface area contributed by atoms with Crippen LogP contribution >= 0.6 is 0 Å². The fourth-order valence-corrected chi connectivity index (χ4v) is 7.23. The maximum Gasteiger partial charge on any atom is 0.283 e. The number of allylic oxidation sites excluding steroid dienone is 1. The molecule has 3 aromatic rings. The number of carbonyl (C=O) groups is 1. The largest absolute Gasteiger partial charge is 0.502 e. The van der Waals surface area contributed by atoms with E-state index in [1.807, 2.05) is 60.7 Å². The van der Waals surface area contributed by atoms with Crippen LogP contribution in [0.25, 0.3) is 0 Å². The predicted octanol–water partition coefficient (Wildman–Crippen LogP) is 5.72. The molecule has 0 aromatic heterocycles. The molecule has 7 rings (SSSR count). The molecule has 234 valence electrons. The summed E-state index contributed by atoms with van der Waals surface area (Å²) in [6, 6.07) is 19.3. The minimum atomic E-state index is -1.91. The van der Waals surface area contributed by atoms with Crippen molar-refractivity contribution in [1.29, 1.82) is 0 Å². The summed E-state index contributed by atoms with van der Waals surface area (Å²) in [5.74, 6) is -2.35. The van der Waals surface area contributed by atoms with Crippen LogP contribution in [0.15, 0.2) is 83.8 Å². The minimum Gasteiger partial charge on any atom is -0.502 e. The maximum absolute atomic E-state index is 14.1. The summed E-state index contributed by atoms with van der Waals surface area (Å²) in [6.45, 7) is 0. The van der Waals surface area contributed by atoms with Crippen LogP contribution in [-0.2, 0) is 34.1 Å². The van der Waals surface area contributed by atoms with Crippen molar-refractivity contribution in [3.63, 3.8) is 0 Å². The molecular weight excluding hydrogens is 580 g/mol. The summed E-state index contributed by atoms with van der Waals surface area (Å²) >= 11 is 0. The van der Waals surface area contributed by atoms with Crippen LogP contribution < -0.4 is 14.2 Å². The number of carbonyl (C=O) groups excluding carboxylic acids is 1. The van der Waals surface area contributed by atoms with Gasteiger partial charge in [0.05, 0.1) is 50.2 Å². The fourth-order valence-electron chi connectivity index (χ4n) is 7.23. The quantitative estimate of drug-likeness (QED) is 0.355. The van der Waals surface area contributed by atoms with Crippen LogP contribution in [0.2, 0.25) is 0 Å². The number of ketones is 1. The number of benzene rings is 3. The number of hydrogen-bond acceptors (Lipinski definition) is 10. The lowest BCUT2D eigenvalue weighted by Gasteiger charge is -2.49. The van der Waals surface area contributed by atoms with Gasteiger partial charge in [-0.3, -0.25) is 4.79 Å². The Labute approximate surface area is 260 Å². The SMILES string of the molecule is COC1=C(OC)C2(OC)c3c(OC)c(O)c4c(c3OC23OC(c2ccccc2)CC=C3C1=O)C(OC)CC(c1ccccc1)O4. The highest BCUT2D eigenvalue weighted by Crippen LogP contribution is 2.70. The molecule has 1 spiro atoms. The van der Waals surface area contributed by atoms with Crippen LogP contribution in [0.4, 0.5) is 0 Å². The number of phenols is 1. The molecule has 4 aliphatic rings. The molecule has 5 atom stereocenters. The lowest BCUT2D eigenvalue weighted by Crippen LogP contribution is -2.63. The Morgan fingerprint density at radius 2 is 1.51 bits per heavy atom. The van der Waals surface area contributed by atoms with Gasteiger partial charge in [-0.15, -0.1) is 0 Å². The van der Waals surface area contributed by atoms with E-state index in [0.717, 1.165) is 11.1 Å². The van der Waals surface area contributed by atoms with Crippen LogP contribution in [0.3, 0.4) is 0 Å². The van der Waals surface area contributed by atoms with Gasteiger partial charge in [0.25, 0.3) is 5.79 Å². The summed E-state index contributed by atoms with van der Waals surface area (Å²) in [6.07, 6.45) is 1.03. The smallest absolute Gasteiger partial charge is 0.283 e. The van der Waals surface area contributed by atoms with E-state index in [2.05, 4.69) is 0 Å². The second-order valence-corrected chi connectivity index (χ2v) is 11.2. The number of fused-ring (bicyclic) bond motifs is 4. The fraction of sp³-hybridized carbons (Fsp3) is 0.343. The summed E-state index contributed by atoms with van der Waals surface area (Å²) in [4.78, 5) is 14.1. The van der Waals surface area contributed by atoms with E-state index in [-0.39, 0.29) is 45.7 Å². The van der Waals surface area contributed by atoms with Crippen molar-refractivity contribution in [3.8, 4) is 23.0 Å². The molecule has 5 unspecified atom stereocenters. The number of hydrogen-bond donors (Lipinski definition) is 1. The highest BCUT2D eigenvalue weighted by molar-refractivity contribution is 6.11. The van der Waals surface area contributed by atoms with Gasteiger partial charge in [-0.05, 0) is 17.5 Å². The molecule has 3 heterocycles. The molecule has 10 nitrogen and oxygen atoms in total. The van der Waals surface area contributed by atoms with Crippen molar-refractivity contribution in [2.45, 2.75) is 42.5 Å². The van der Waals surface area contributed by atoms with E-state index < -0.39 is 35.5 Å². The summed E-state index contributed by atoms with van der Waals surface area (Å²) < 4.78 is 50.3. The molecular formula is C35H34O10. The zero-order valence-electron chi connectivity index (χ0n) is 25.6. The number of aromatic hydroxyl groups is 1. The van der Waals surface area contributed by atoms with Crippen molar-refractivity contribution in [3.05, 3.63) is 106 Å². The van der Waals surface area contributed by atoms with E-state index in [9.17, 15) is 9.90 Å². The Morgan fingerprint density at radius 1 is 0.844 bits per heavy atom. The Balaban J connectivity index is 1.53. The lowest BCUT2D eigenvalue weighted by molar-refractivity contribution is -0.281. The predicted molar refractivity (Wildman–Crippen MR) is 160 cm³/mol. The van der Waals surface area contributed by atoms with Crippen LogP contribution in [0, 0.1) is 0 Å². The van der Waals surface area contributed by atoms with Crippen LogP contribution in [0.5, 0.6) is 23.0 Å². The third-order valence-corrected chi connectivity index (χ3v) is 9.17. The first-order valence-corrected chi connectivity index (χ1v) is 14.7. The average Bonchev–Trinajstić information content (AvgIpc) is 3.37. The van der Waals surface area contributed by atoms with Crippen molar-refractivity contribution in [2.75, 3.05) is 35.5 Å². The van der Waals surface area contributed by atoms with E-state index in [1.165, 1.54) is 28.4 Å². The van der Waals surface area contributed by atoms with Gasteiger partial charge in [0.2, 0.25) is 22.9 Å². The highest BCUT2D eigenvalue weighted by Gasteiger charge is 2.76. The molecule has 0 radical (unpaired) electrons. The number of phenolic OH excluding ortho intramolecular Hbond substituents is 1. The van der Waals surface area contributed by atoms with Gasteiger partial charge in [-0.2, -0.15) is 0 Å². The normalized spacial score (nSPS) is 28.1. The maximum atomic E-state index is 14.1.